The van der Waals surface area contributed by atoms with E-state index in [1.807, 2.05) is 25.1 Å². The molecule has 4 nitrogen and oxygen atoms in total. The minimum atomic E-state index is -0.496. The molecule has 0 spiro atoms. The summed E-state index contributed by atoms with van der Waals surface area (Å²) in [6.07, 6.45) is 6.31. The highest BCUT2D eigenvalue weighted by Crippen LogP contribution is 2.26. The van der Waals surface area contributed by atoms with Crippen molar-refractivity contribution in [2.45, 2.75) is 58.0 Å². The van der Waals surface area contributed by atoms with E-state index in [0.29, 0.717) is 13.1 Å². The van der Waals surface area contributed by atoms with Gasteiger partial charge < -0.3 is 10.2 Å². The summed E-state index contributed by atoms with van der Waals surface area (Å²) >= 11 is 0. The summed E-state index contributed by atoms with van der Waals surface area (Å²) in [6, 6.07) is 14.5. The predicted molar refractivity (Wildman–Crippen MR) is 110 cm³/mol. The average Bonchev–Trinajstić information content (AvgIpc) is 2.76. The summed E-state index contributed by atoms with van der Waals surface area (Å²) in [4.78, 5) is 27.1. The van der Waals surface area contributed by atoms with Crippen molar-refractivity contribution in [3.05, 3.63) is 70.3 Å². The lowest BCUT2D eigenvalue weighted by atomic mass is 9.89. The number of aryl methyl sites for hydroxylation is 2. The van der Waals surface area contributed by atoms with Gasteiger partial charge in [-0.15, -0.1) is 0 Å². The van der Waals surface area contributed by atoms with Crippen LogP contribution in [0.1, 0.15) is 60.0 Å². The lowest BCUT2D eigenvalue weighted by Gasteiger charge is -2.29. The molecule has 1 atom stereocenters. The molecule has 0 aromatic heterocycles. The maximum atomic E-state index is 12.7. The third-order valence-electron chi connectivity index (χ3n) is 6.10. The number of hydrogen-bond acceptors (Lipinski definition) is 2. The van der Waals surface area contributed by atoms with Crippen LogP contribution in [0.15, 0.2) is 42.5 Å². The van der Waals surface area contributed by atoms with Gasteiger partial charge in [0.25, 0.3) is 0 Å². The molecule has 2 aromatic carbocycles. The van der Waals surface area contributed by atoms with E-state index >= 15 is 0 Å². The van der Waals surface area contributed by atoms with Crippen LogP contribution in [0.4, 0.5) is 0 Å². The van der Waals surface area contributed by atoms with Crippen molar-refractivity contribution in [1.29, 1.82) is 0 Å². The highest BCUT2D eigenvalue weighted by atomic mass is 16.2. The Labute approximate surface area is 166 Å². The Kier molecular flexibility index (Phi) is 5.47. The van der Waals surface area contributed by atoms with Crippen LogP contribution >= 0.6 is 0 Å². The molecule has 2 aliphatic rings. The third-order valence-corrected chi connectivity index (χ3v) is 6.10. The molecule has 1 unspecified atom stereocenters. The zero-order chi connectivity index (χ0) is 19.5. The molecule has 1 aliphatic heterocycles. The lowest BCUT2D eigenvalue weighted by molar-refractivity contribution is -0.146. The molecule has 2 aromatic rings. The van der Waals surface area contributed by atoms with E-state index in [0.717, 1.165) is 36.8 Å². The fourth-order valence-corrected chi connectivity index (χ4v) is 4.42. The molecule has 2 amide bonds. The Morgan fingerprint density at radius 3 is 2.46 bits per heavy atom. The second-order valence-electron chi connectivity index (χ2n) is 7.91. The average molecular weight is 377 g/mol. The second kappa shape index (κ2) is 8.17. The van der Waals surface area contributed by atoms with Crippen molar-refractivity contribution in [2.75, 3.05) is 6.54 Å². The van der Waals surface area contributed by atoms with Gasteiger partial charge in [0.15, 0.2) is 0 Å². The molecule has 0 radical (unpaired) electrons. The topological polar surface area (TPSA) is 49.4 Å². The summed E-state index contributed by atoms with van der Waals surface area (Å²) in [5, 5.41) is 2.98. The van der Waals surface area contributed by atoms with Gasteiger partial charge >= 0.3 is 11.8 Å². The smallest absolute Gasteiger partial charge is 0.312 e. The third kappa shape index (κ3) is 3.82. The Bertz CT molecular complexity index is 890. The van der Waals surface area contributed by atoms with Crippen molar-refractivity contribution in [2.24, 2.45) is 0 Å². The lowest BCUT2D eigenvalue weighted by Crippen LogP contribution is -2.45. The fraction of sp³-hybridized carbons (Fsp3) is 0.417. The van der Waals surface area contributed by atoms with E-state index in [-0.39, 0.29) is 6.04 Å². The van der Waals surface area contributed by atoms with Crippen molar-refractivity contribution in [3.8, 4) is 0 Å². The molecule has 0 bridgehead atoms. The van der Waals surface area contributed by atoms with Gasteiger partial charge in [-0.05, 0) is 66.3 Å². The summed E-state index contributed by atoms with van der Waals surface area (Å²) in [5.41, 5.74) is 6.34. The largest absolute Gasteiger partial charge is 0.341 e. The van der Waals surface area contributed by atoms with E-state index < -0.39 is 11.8 Å². The Balaban J connectivity index is 1.44. The van der Waals surface area contributed by atoms with Gasteiger partial charge in [0.05, 0.1) is 6.04 Å². The molecule has 0 saturated carbocycles. The van der Waals surface area contributed by atoms with E-state index in [4.69, 9.17) is 0 Å². The minimum Gasteiger partial charge on any atom is -0.341 e. The number of carbonyl (C=O) groups excluding carboxylic acids is 2. The molecule has 28 heavy (non-hydrogen) atoms. The molecule has 4 heteroatoms. The van der Waals surface area contributed by atoms with Crippen molar-refractivity contribution >= 4 is 11.8 Å². The van der Waals surface area contributed by atoms with E-state index in [1.165, 1.54) is 29.5 Å². The zero-order valence-corrected chi connectivity index (χ0v) is 16.5. The number of benzene rings is 2. The van der Waals surface area contributed by atoms with Crippen LogP contribution in [-0.2, 0) is 35.4 Å². The van der Waals surface area contributed by atoms with Crippen molar-refractivity contribution in [3.63, 3.8) is 0 Å². The van der Waals surface area contributed by atoms with E-state index in [9.17, 15) is 9.59 Å². The molecule has 1 aliphatic carbocycles. The molecule has 0 fully saturated rings. The van der Waals surface area contributed by atoms with Gasteiger partial charge in [-0.25, -0.2) is 0 Å². The predicted octanol–water partition coefficient (Wildman–Crippen LogP) is 3.72. The summed E-state index contributed by atoms with van der Waals surface area (Å²) in [5.74, 6) is -0.921. The summed E-state index contributed by atoms with van der Waals surface area (Å²) in [6.45, 7) is 3.16. The molecular formula is C24H28N2O2. The van der Waals surface area contributed by atoms with Gasteiger partial charge in [0, 0.05) is 13.1 Å². The fourth-order valence-electron chi connectivity index (χ4n) is 4.42. The van der Waals surface area contributed by atoms with Crippen LogP contribution < -0.4 is 5.32 Å². The second-order valence-corrected chi connectivity index (χ2v) is 7.91. The van der Waals surface area contributed by atoms with Crippen molar-refractivity contribution in [1.82, 2.24) is 10.2 Å². The number of fused-ring (bicyclic) bond motifs is 2. The van der Waals surface area contributed by atoms with Gasteiger partial charge in [-0.2, -0.15) is 0 Å². The highest BCUT2D eigenvalue weighted by Gasteiger charge is 2.27. The number of nitrogens with zero attached hydrogens (tertiary/aromatic N) is 1. The van der Waals surface area contributed by atoms with E-state index in [2.05, 4.69) is 29.6 Å². The number of nitrogens with one attached hydrogen (secondary N) is 1. The molecule has 0 saturated heterocycles. The van der Waals surface area contributed by atoms with Crippen LogP contribution in [0, 0.1) is 0 Å². The summed E-state index contributed by atoms with van der Waals surface area (Å²) < 4.78 is 0. The number of amides is 2. The first-order chi connectivity index (χ1) is 13.7. The zero-order valence-electron chi connectivity index (χ0n) is 16.5. The van der Waals surface area contributed by atoms with Gasteiger partial charge in [-0.1, -0.05) is 49.4 Å². The van der Waals surface area contributed by atoms with Gasteiger partial charge in [0.1, 0.15) is 0 Å². The normalized spacial score (nSPS) is 16.7. The number of carbonyl (C=O) groups is 2. The van der Waals surface area contributed by atoms with Crippen LogP contribution in [-0.4, -0.2) is 23.3 Å². The highest BCUT2D eigenvalue weighted by molar-refractivity contribution is 6.35. The minimum absolute atomic E-state index is 0.124. The number of hydrogen-bond donors (Lipinski definition) is 1. The molecule has 4 rings (SSSR count). The molecular weight excluding hydrogens is 348 g/mol. The maximum Gasteiger partial charge on any atom is 0.312 e. The molecule has 146 valence electrons. The van der Waals surface area contributed by atoms with Crippen molar-refractivity contribution < 1.29 is 9.59 Å². The first-order valence-corrected chi connectivity index (χ1v) is 10.4. The Morgan fingerprint density at radius 1 is 0.964 bits per heavy atom. The maximum absolute atomic E-state index is 12.7. The molecule has 1 heterocycles. The Morgan fingerprint density at radius 2 is 1.68 bits per heavy atom. The summed E-state index contributed by atoms with van der Waals surface area (Å²) in [7, 11) is 0. The van der Waals surface area contributed by atoms with Crippen LogP contribution in [0.5, 0.6) is 0 Å². The van der Waals surface area contributed by atoms with Crippen LogP contribution in [0.2, 0.25) is 0 Å². The SMILES string of the molecule is CCC(NC(=O)C(=O)N1CCc2ccccc2C1)c1ccc2c(c1)CCCC2. The van der Waals surface area contributed by atoms with Crippen LogP contribution in [0.3, 0.4) is 0 Å². The van der Waals surface area contributed by atoms with Gasteiger partial charge in [0.2, 0.25) is 0 Å². The van der Waals surface area contributed by atoms with Crippen LogP contribution in [0.25, 0.3) is 0 Å². The molecule has 1 N–H and O–H groups in total. The Hall–Kier alpha value is -2.62. The number of rotatable bonds is 3. The van der Waals surface area contributed by atoms with Gasteiger partial charge in [-0.3, -0.25) is 9.59 Å². The first-order valence-electron chi connectivity index (χ1n) is 10.4. The standard InChI is InChI=1S/C24H28N2O2/c1-2-22(20-12-11-17-7-3-5-9-19(17)15-20)25-23(27)24(28)26-14-13-18-8-4-6-10-21(18)16-26/h4,6,8,10-12,15,22H,2-3,5,7,9,13-14,16H2,1H3,(H,25,27). The quantitative estimate of drug-likeness (QED) is 0.830. The monoisotopic (exact) mass is 376 g/mol. The van der Waals surface area contributed by atoms with E-state index in [1.54, 1.807) is 4.90 Å². The first kappa shape index (κ1) is 18.7.